The van der Waals surface area contributed by atoms with Gasteiger partial charge in [-0.05, 0) is 12.1 Å². The van der Waals surface area contributed by atoms with E-state index in [9.17, 15) is 14.4 Å². The molecule has 0 radical (unpaired) electrons. The summed E-state index contributed by atoms with van der Waals surface area (Å²) in [6.07, 6.45) is 0. The molecule has 60 valence electrons. The Hall–Kier alpha value is 0.365. The van der Waals surface area contributed by atoms with Gasteiger partial charge in [0.2, 0.25) is 0 Å². The van der Waals surface area contributed by atoms with Crippen molar-refractivity contribution < 1.29 is 56.6 Å². The molecule has 4 nitrogen and oxygen atoms in total. The predicted octanol–water partition coefficient (Wildman–Crippen LogP) is -6.10. The average Bonchev–Trinajstić information content (AvgIpc) is 1.85. The summed E-state index contributed by atoms with van der Waals surface area (Å²) in [6.45, 7) is 0. The quantitative estimate of drug-likeness (QED) is 0.340. The minimum atomic E-state index is -4.89. The van der Waals surface area contributed by atoms with Crippen LogP contribution < -0.4 is 52.0 Å². The maximum absolute atomic E-state index is 10.1. The Morgan fingerprint density at radius 3 is 1.92 bits per heavy atom. The Bertz CT molecular complexity index is 273. The Kier molecular flexibility index (Phi) is 8.23. The fourth-order valence-corrected chi connectivity index (χ4v) is 0.990. The molecular weight excluding hydrogens is 181 g/mol. The van der Waals surface area contributed by atoms with Crippen molar-refractivity contribution >= 4 is 7.82 Å². The van der Waals surface area contributed by atoms with Crippen LogP contribution in [0.4, 0.5) is 0 Å². The molecule has 0 aliphatic carbocycles. The molecule has 1 aromatic carbocycles. The van der Waals surface area contributed by atoms with E-state index in [1.165, 1.54) is 12.1 Å². The average molecular weight is 186 g/mol. The Morgan fingerprint density at radius 1 is 1.08 bits per heavy atom. The fourth-order valence-electron chi connectivity index (χ4n) is 0.610. The van der Waals surface area contributed by atoms with Crippen LogP contribution in [0.2, 0.25) is 0 Å². The van der Waals surface area contributed by atoms with Crippen LogP contribution in [0.1, 0.15) is 0 Å². The number of rotatable bonds is 2. The van der Waals surface area contributed by atoms with E-state index in [4.69, 9.17) is 0 Å². The van der Waals surface area contributed by atoms with Crippen LogP contribution in [0.15, 0.2) is 30.3 Å². The molecule has 1 aromatic rings. The second-order valence-corrected chi connectivity index (χ2v) is 2.93. The number of benzene rings is 1. The summed E-state index contributed by atoms with van der Waals surface area (Å²) in [5, 5.41) is 0. The number of hydrogen-bond donors (Lipinski definition) is 0. The molecular formula is C6H5Li2O4P. The van der Waals surface area contributed by atoms with Gasteiger partial charge in [-0.3, -0.25) is 0 Å². The summed E-state index contributed by atoms with van der Waals surface area (Å²) in [4.78, 5) is 20.1. The zero-order chi connectivity index (χ0) is 8.32. The van der Waals surface area contributed by atoms with Crippen molar-refractivity contribution in [1.29, 1.82) is 0 Å². The smallest absolute Gasteiger partial charge is 0.780 e. The Balaban J connectivity index is 0. The van der Waals surface area contributed by atoms with Crippen molar-refractivity contribution in [2.75, 3.05) is 0 Å². The SMILES string of the molecule is O=P([O-])([O-])Oc1ccccc1.[Li+].[Li+]. The fraction of sp³-hybridized carbons (Fsp3) is 0. The minimum absolute atomic E-state index is 0. The number of hydrogen-bond acceptors (Lipinski definition) is 4. The topological polar surface area (TPSA) is 72.4 Å². The molecule has 0 amide bonds. The molecule has 0 saturated heterocycles. The molecule has 0 spiro atoms. The van der Waals surface area contributed by atoms with Gasteiger partial charge in [0, 0.05) is 0 Å². The van der Waals surface area contributed by atoms with Crippen molar-refractivity contribution in [1.82, 2.24) is 0 Å². The van der Waals surface area contributed by atoms with E-state index >= 15 is 0 Å². The summed E-state index contributed by atoms with van der Waals surface area (Å²) in [5.41, 5.74) is 0. The van der Waals surface area contributed by atoms with Gasteiger partial charge >= 0.3 is 37.7 Å². The summed E-state index contributed by atoms with van der Waals surface area (Å²) in [7, 11) is -4.89. The van der Waals surface area contributed by atoms with E-state index in [1.807, 2.05) is 0 Å². The largest absolute Gasteiger partial charge is 1.00 e. The molecule has 1 rings (SSSR count). The van der Waals surface area contributed by atoms with Crippen molar-refractivity contribution in [3.05, 3.63) is 30.3 Å². The van der Waals surface area contributed by atoms with Gasteiger partial charge in [-0.1, -0.05) is 18.2 Å². The third kappa shape index (κ3) is 7.44. The standard InChI is InChI=1S/C6H7O4P.2Li/c7-11(8,9)10-6-4-2-1-3-5-6;;/h1-5H,(H2,7,8,9);;/q;2*+1/p-2. The first-order valence-electron chi connectivity index (χ1n) is 2.85. The summed E-state index contributed by atoms with van der Waals surface area (Å²) in [5.74, 6) is 0.0424. The number of para-hydroxylation sites is 1. The van der Waals surface area contributed by atoms with Crippen molar-refractivity contribution in [3.63, 3.8) is 0 Å². The van der Waals surface area contributed by atoms with Crippen LogP contribution in [-0.4, -0.2) is 0 Å². The van der Waals surface area contributed by atoms with Gasteiger partial charge < -0.3 is 18.9 Å². The van der Waals surface area contributed by atoms with E-state index in [0.717, 1.165) is 0 Å². The second-order valence-electron chi connectivity index (χ2n) is 1.85. The maximum atomic E-state index is 10.1. The first-order chi connectivity index (χ1) is 5.08. The molecule has 0 aliphatic heterocycles. The maximum Gasteiger partial charge on any atom is 1.00 e. The van der Waals surface area contributed by atoms with Gasteiger partial charge in [-0.25, -0.2) is 0 Å². The monoisotopic (exact) mass is 186 g/mol. The van der Waals surface area contributed by atoms with Crippen molar-refractivity contribution in [2.45, 2.75) is 0 Å². The molecule has 0 saturated carbocycles. The number of phosphoric ester groups is 1. The van der Waals surface area contributed by atoms with Crippen LogP contribution in [0.3, 0.4) is 0 Å². The van der Waals surface area contributed by atoms with Crippen LogP contribution in [0.25, 0.3) is 0 Å². The summed E-state index contributed by atoms with van der Waals surface area (Å²) in [6, 6.07) is 7.62. The zero-order valence-electron chi connectivity index (χ0n) is 7.47. The Labute approximate surface area is 100 Å². The van der Waals surface area contributed by atoms with Crippen LogP contribution in [0, 0.1) is 0 Å². The molecule has 0 fully saturated rings. The van der Waals surface area contributed by atoms with Gasteiger partial charge in [0.05, 0.1) is 0 Å². The van der Waals surface area contributed by atoms with Gasteiger partial charge in [-0.15, -0.1) is 0 Å². The molecule has 0 heterocycles. The number of phosphoric acid groups is 1. The van der Waals surface area contributed by atoms with E-state index in [-0.39, 0.29) is 43.5 Å². The second kappa shape index (κ2) is 6.76. The molecule has 0 aromatic heterocycles. The van der Waals surface area contributed by atoms with E-state index in [0.29, 0.717) is 0 Å². The normalized spacial score (nSPS) is 9.38. The molecule has 0 N–H and O–H groups in total. The molecule has 13 heavy (non-hydrogen) atoms. The third-order valence-corrected chi connectivity index (χ3v) is 1.39. The van der Waals surface area contributed by atoms with Crippen LogP contribution in [0.5, 0.6) is 5.75 Å². The Morgan fingerprint density at radius 2 is 1.54 bits per heavy atom. The molecule has 0 bridgehead atoms. The van der Waals surface area contributed by atoms with E-state index in [2.05, 4.69) is 4.52 Å². The summed E-state index contributed by atoms with van der Waals surface area (Å²) >= 11 is 0. The van der Waals surface area contributed by atoms with Gasteiger partial charge in [-0.2, -0.15) is 0 Å². The van der Waals surface area contributed by atoms with Gasteiger partial charge in [0.1, 0.15) is 13.6 Å². The van der Waals surface area contributed by atoms with Crippen LogP contribution in [-0.2, 0) is 4.57 Å². The summed E-state index contributed by atoms with van der Waals surface area (Å²) < 4.78 is 14.1. The van der Waals surface area contributed by atoms with Crippen molar-refractivity contribution in [2.24, 2.45) is 0 Å². The predicted molar refractivity (Wildman–Crippen MR) is 34.7 cm³/mol. The molecule has 0 atom stereocenters. The molecule has 7 heteroatoms. The molecule has 0 unspecified atom stereocenters. The van der Waals surface area contributed by atoms with E-state index in [1.54, 1.807) is 18.2 Å². The molecule has 0 aliphatic rings. The van der Waals surface area contributed by atoms with Gasteiger partial charge in [0.15, 0.2) is 0 Å². The first kappa shape index (κ1) is 15.8. The van der Waals surface area contributed by atoms with Gasteiger partial charge in [0.25, 0.3) is 0 Å². The third-order valence-electron chi connectivity index (χ3n) is 0.960. The van der Waals surface area contributed by atoms with Crippen molar-refractivity contribution in [3.8, 4) is 5.75 Å². The zero-order valence-corrected chi connectivity index (χ0v) is 8.36. The van der Waals surface area contributed by atoms with Crippen LogP contribution >= 0.6 is 7.82 Å². The first-order valence-corrected chi connectivity index (χ1v) is 4.31. The minimum Gasteiger partial charge on any atom is -0.780 e. The van der Waals surface area contributed by atoms with E-state index < -0.39 is 7.82 Å².